The fourth-order valence-electron chi connectivity index (χ4n) is 3.55. The topological polar surface area (TPSA) is 88.9 Å². The summed E-state index contributed by atoms with van der Waals surface area (Å²) >= 11 is 5.77. The summed E-state index contributed by atoms with van der Waals surface area (Å²) in [4.78, 5) is 30.7. The van der Waals surface area contributed by atoms with Gasteiger partial charge in [0.05, 0.1) is 30.4 Å². The predicted octanol–water partition coefficient (Wildman–Crippen LogP) is 3.24. The molecule has 0 radical (unpaired) electrons. The largest absolute Gasteiger partial charge is 0.373 e. The molecule has 3 rings (SSSR count). The summed E-state index contributed by atoms with van der Waals surface area (Å²) in [6.45, 7) is 1.77. The zero-order valence-corrected chi connectivity index (χ0v) is 19.4. The molecule has 13 heteroatoms. The van der Waals surface area contributed by atoms with E-state index >= 15 is 0 Å². The molecule has 9 nitrogen and oxygen atoms in total. The average molecular weight is 504 g/mol. The SMILES string of the molecule is Cc1c2c(nn1CC(COCC(F)F)ON(C)C=O)CCN(C(=O)Nc1ccc(F)c(Cl)c1)C2. The molecule has 0 spiro atoms. The number of alkyl halides is 2. The van der Waals surface area contributed by atoms with Crippen molar-refractivity contribution >= 4 is 29.7 Å². The molecule has 1 aromatic carbocycles. The van der Waals surface area contributed by atoms with Crippen molar-refractivity contribution in [3.05, 3.63) is 46.0 Å². The molecule has 0 fully saturated rings. The van der Waals surface area contributed by atoms with Gasteiger partial charge in [-0.25, -0.2) is 23.0 Å². The van der Waals surface area contributed by atoms with E-state index in [9.17, 15) is 22.8 Å². The smallest absolute Gasteiger partial charge is 0.322 e. The predicted molar refractivity (Wildman–Crippen MR) is 117 cm³/mol. The van der Waals surface area contributed by atoms with Gasteiger partial charge in [0.2, 0.25) is 6.41 Å². The molecule has 1 aliphatic rings. The van der Waals surface area contributed by atoms with Crippen LogP contribution in [0.25, 0.3) is 0 Å². The molecule has 2 heterocycles. The van der Waals surface area contributed by atoms with Gasteiger partial charge in [0, 0.05) is 37.0 Å². The second kappa shape index (κ2) is 11.5. The van der Waals surface area contributed by atoms with E-state index in [1.165, 1.54) is 25.2 Å². The third-order valence-corrected chi connectivity index (χ3v) is 5.52. The van der Waals surface area contributed by atoms with Crippen LogP contribution in [0.3, 0.4) is 0 Å². The van der Waals surface area contributed by atoms with Gasteiger partial charge >= 0.3 is 6.03 Å². The number of fused-ring (bicyclic) bond motifs is 1. The van der Waals surface area contributed by atoms with Gasteiger partial charge in [-0.05, 0) is 25.1 Å². The number of rotatable bonds is 10. The van der Waals surface area contributed by atoms with Crippen LogP contribution in [0.15, 0.2) is 18.2 Å². The van der Waals surface area contributed by atoms with E-state index in [1.807, 2.05) is 6.92 Å². The van der Waals surface area contributed by atoms with Gasteiger partial charge in [-0.1, -0.05) is 11.6 Å². The summed E-state index contributed by atoms with van der Waals surface area (Å²) in [7, 11) is 1.39. The Kier molecular flexibility index (Phi) is 8.75. The second-order valence-electron chi connectivity index (χ2n) is 7.73. The molecule has 3 amide bonds. The molecular formula is C21H25ClF3N5O4. The fraction of sp³-hybridized carbons (Fsp3) is 0.476. The van der Waals surface area contributed by atoms with Crippen molar-refractivity contribution in [2.24, 2.45) is 0 Å². The number of hydrogen-bond donors (Lipinski definition) is 1. The molecule has 1 atom stereocenters. The van der Waals surface area contributed by atoms with Crippen molar-refractivity contribution in [3.63, 3.8) is 0 Å². The first-order valence-corrected chi connectivity index (χ1v) is 10.8. The highest BCUT2D eigenvalue weighted by Gasteiger charge is 2.27. The summed E-state index contributed by atoms with van der Waals surface area (Å²) in [5.74, 6) is -0.577. The van der Waals surface area contributed by atoms with E-state index < -0.39 is 25.0 Å². The Morgan fingerprint density at radius 2 is 2.15 bits per heavy atom. The summed E-state index contributed by atoms with van der Waals surface area (Å²) in [5.41, 5.74) is 2.81. The molecule has 0 bridgehead atoms. The number of amides is 3. The van der Waals surface area contributed by atoms with Crippen LogP contribution in [-0.2, 0) is 33.9 Å². The van der Waals surface area contributed by atoms with E-state index in [-0.39, 0.29) is 24.2 Å². The van der Waals surface area contributed by atoms with Crippen molar-refractivity contribution in [3.8, 4) is 0 Å². The number of hydrogen-bond acceptors (Lipinski definition) is 5. The third-order valence-electron chi connectivity index (χ3n) is 5.23. The number of urea groups is 1. The lowest BCUT2D eigenvalue weighted by atomic mass is 10.1. The zero-order chi connectivity index (χ0) is 24.8. The number of anilines is 1. The first-order chi connectivity index (χ1) is 16.2. The number of ether oxygens (including phenoxy) is 1. The lowest BCUT2D eigenvalue weighted by Gasteiger charge is -2.27. The fourth-order valence-corrected chi connectivity index (χ4v) is 3.73. The number of aromatic nitrogens is 2. The molecule has 186 valence electrons. The molecule has 1 N–H and O–H groups in total. The molecule has 1 aliphatic heterocycles. The highest BCUT2D eigenvalue weighted by atomic mass is 35.5. The number of benzene rings is 1. The third kappa shape index (κ3) is 6.61. The van der Waals surface area contributed by atoms with Gasteiger partial charge in [0.25, 0.3) is 6.43 Å². The second-order valence-corrected chi connectivity index (χ2v) is 8.14. The maximum absolute atomic E-state index is 13.4. The highest BCUT2D eigenvalue weighted by Crippen LogP contribution is 2.24. The van der Waals surface area contributed by atoms with Crippen LogP contribution in [0, 0.1) is 12.7 Å². The summed E-state index contributed by atoms with van der Waals surface area (Å²) in [6.07, 6.45) is -2.41. The van der Waals surface area contributed by atoms with E-state index in [0.717, 1.165) is 22.0 Å². The first-order valence-electron chi connectivity index (χ1n) is 10.4. The lowest BCUT2D eigenvalue weighted by molar-refractivity contribution is -0.197. The van der Waals surface area contributed by atoms with Crippen molar-refractivity contribution in [2.45, 2.75) is 39.0 Å². The van der Waals surface area contributed by atoms with Gasteiger partial charge in [-0.3, -0.25) is 14.3 Å². The molecular weight excluding hydrogens is 479 g/mol. The summed E-state index contributed by atoms with van der Waals surface area (Å²) < 4.78 is 44.8. The normalized spacial score (nSPS) is 14.1. The van der Waals surface area contributed by atoms with Crippen LogP contribution < -0.4 is 5.32 Å². The minimum atomic E-state index is -2.62. The molecule has 0 aliphatic carbocycles. The van der Waals surface area contributed by atoms with Crippen LogP contribution in [0.4, 0.5) is 23.7 Å². The summed E-state index contributed by atoms with van der Waals surface area (Å²) in [6, 6.07) is 3.56. The van der Waals surface area contributed by atoms with Crippen LogP contribution in [-0.4, -0.2) is 71.5 Å². The Morgan fingerprint density at radius 3 is 2.82 bits per heavy atom. The number of carbonyl (C=O) groups excluding carboxylic acids is 2. The Balaban J connectivity index is 1.67. The lowest BCUT2D eigenvalue weighted by Crippen LogP contribution is -2.38. The molecule has 0 saturated carbocycles. The van der Waals surface area contributed by atoms with Crippen molar-refractivity contribution < 1.29 is 32.3 Å². The van der Waals surface area contributed by atoms with Crippen LogP contribution in [0.2, 0.25) is 5.02 Å². The zero-order valence-electron chi connectivity index (χ0n) is 18.6. The van der Waals surface area contributed by atoms with E-state index in [4.69, 9.17) is 21.2 Å². The van der Waals surface area contributed by atoms with Crippen molar-refractivity contribution in [1.29, 1.82) is 0 Å². The van der Waals surface area contributed by atoms with Gasteiger partial charge in [0.15, 0.2) is 0 Å². The van der Waals surface area contributed by atoms with Crippen LogP contribution >= 0.6 is 11.6 Å². The van der Waals surface area contributed by atoms with E-state index in [0.29, 0.717) is 31.6 Å². The quantitative estimate of drug-likeness (QED) is 0.397. The first kappa shape index (κ1) is 25.8. The Morgan fingerprint density at radius 1 is 1.38 bits per heavy atom. The van der Waals surface area contributed by atoms with Crippen molar-refractivity contribution in [2.75, 3.05) is 32.1 Å². The van der Waals surface area contributed by atoms with E-state index in [1.54, 1.807) is 9.58 Å². The van der Waals surface area contributed by atoms with Crippen molar-refractivity contribution in [1.82, 2.24) is 19.7 Å². The minimum absolute atomic E-state index is 0.0922. The Bertz CT molecular complexity index is 1020. The molecule has 1 unspecified atom stereocenters. The monoisotopic (exact) mass is 503 g/mol. The molecule has 0 saturated heterocycles. The minimum Gasteiger partial charge on any atom is -0.373 e. The Hall–Kier alpha value is -2.83. The van der Waals surface area contributed by atoms with E-state index in [2.05, 4.69) is 10.4 Å². The average Bonchev–Trinajstić information content (AvgIpc) is 3.10. The highest BCUT2D eigenvalue weighted by molar-refractivity contribution is 6.31. The molecule has 34 heavy (non-hydrogen) atoms. The summed E-state index contributed by atoms with van der Waals surface area (Å²) in [5, 5.41) is 8.12. The van der Waals surface area contributed by atoms with Gasteiger partial charge in [0.1, 0.15) is 18.5 Å². The molecule has 1 aromatic heterocycles. The number of carbonyl (C=O) groups is 2. The maximum atomic E-state index is 13.4. The van der Waals surface area contributed by atoms with Crippen LogP contribution in [0.5, 0.6) is 0 Å². The number of hydroxylamine groups is 2. The van der Waals surface area contributed by atoms with Crippen LogP contribution in [0.1, 0.15) is 17.0 Å². The van der Waals surface area contributed by atoms with Gasteiger partial charge in [-0.15, -0.1) is 0 Å². The number of nitrogens with one attached hydrogen (secondary N) is 1. The molecule has 2 aromatic rings. The van der Waals surface area contributed by atoms with Gasteiger partial charge in [-0.2, -0.15) is 5.10 Å². The Labute approximate surface area is 199 Å². The maximum Gasteiger partial charge on any atom is 0.322 e. The number of halogens is 4. The number of nitrogens with zero attached hydrogens (tertiary/aromatic N) is 4. The standard InChI is InChI=1S/C21H25ClF3N5O4/c1-13-16-9-29(21(32)26-14-3-4-18(23)17(22)7-14)6-5-19(16)27-30(13)8-15(34-28(2)12-31)10-33-11-20(24)25/h3-4,7,12,15,20H,5-6,8-11H2,1-2H3,(H,26,32). The van der Waals surface area contributed by atoms with Gasteiger partial charge < -0.3 is 15.0 Å².